The molecule has 1 N–H and O–H groups in total. The topological polar surface area (TPSA) is 50.2 Å². The van der Waals surface area contributed by atoms with Crippen molar-refractivity contribution >= 4 is 29.2 Å². The van der Waals surface area contributed by atoms with Crippen LogP contribution in [0.2, 0.25) is 10.0 Å². The molecule has 92 valence electrons. The highest BCUT2D eigenvalue weighted by Gasteiger charge is 2.14. The van der Waals surface area contributed by atoms with Crippen LogP contribution in [0.5, 0.6) is 0 Å². The van der Waals surface area contributed by atoms with Crippen molar-refractivity contribution in [2.24, 2.45) is 0 Å². The summed E-state index contributed by atoms with van der Waals surface area (Å²) in [6, 6.07) is 5.79. The van der Waals surface area contributed by atoms with E-state index in [1.165, 1.54) is 6.20 Å². The molecule has 0 aliphatic rings. The van der Waals surface area contributed by atoms with E-state index in [-0.39, 0.29) is 0 Å². The van der Waals surface area contributed by atoms with Crippen LogP contribution in [0.15, 0.2) is 30.5 Å². The van der Waals surface area contributed by atoms with E-state index in [0.29, 0.717) is 21.2 Å². The molecule has 0 saturated carbocycles. The number of aromatic nitrogens is 1. The fraction of sp³-hybridized carbons (Fsp3) is 0. The number of nitrogens with zero attached hydrogens (tertiary/aromatic N) is 1. The minimum Gasteiger partial charge on any atom is -0.476 e. The van der Waals surface area contributed by atoms with Gasteiger partial charge in [0, 0.05) is 27.4 Å². The Hall–Kier alpha value is -1.65. The number of halogens is 3. The van der Waals surface area contributed by atoms with Gasteiger partial charge in [-0.3, -0.25) is 0 Å². The molecule has 0 aliphatic carbocycles. The number of pyridine rings is 1. The summed E-state index contributed by atoms with van der Waals surface area (Å²) >= 11 is 11.8. The second-order valence-corrected chi connectivity index (χ2v) is 4.33. The Morgan fingerprint density at radius 1 is 1.28 bits per heavy atom. The van der Waals surface area contributed by atoms with Crippen LogP contribution in [0.3, 0.4) is 0 Å². The Labute approximate surface area is 112 Å². The quantitative estimate of drug-likeness (QED) is 0.911. The fourth-order valence-corrected chi connectivity index (χ4v) is 1.86. The third-order valence-electron chi connectivity index (χ3n) is 2.28. The second-order valence-electron chi connectivity index (χ2n) is 3.48. The predicted molar refractivity (Wildman–Crippen MR) is 66.6 cm³/mol. The average Bonchev–Trinajstić information content (AvgIpc) is 2.31. The molecule has 0 fully saturated rings. The van der Waals surface area contributed by atoms with Crippen LogP contribution in [0, 0.1) is 5.82 Å². The van der Waals surface area contributed by atoms with Gasteiger partial charge >= 0.3 is 5.97 Å². The van der Waals surface area contributed by atoms with Crippen LogP contribution in [-0.2, 0) is 0 Å². The van der Waals surface area contributed by atoms with Gasteiger partial charge in [0.25, 0.3) is 0 Å². The molecule has 0 aliphatic heterocycles. The highest BCUT2D eigenvalue weighted by Crippen LogP contribution is 2.30. The number of carboxylic acid groups (broad SMARTS) is 1. The van der Waals surface area contributed by atoms with Crippen molar-refractivity contribution in [2.75, 3.05) is 0 Å². The Bertz CT molecular complexity index is 631. The van der Waals surface area contributed by atoms with E-state index < -0.39 is 17.5 Å². The number of aromatic carboxylic acids is 1. The smallest absolute Gasteiger partial charge is 0.357 e. The molecule has 6 heteroatoms. The van der Waals surface area contributed by atoms with Gasteiger partial charge < -0.3 is 5.11 Å². The average molecular weight is 286 g/mol. The minimum absolute atomic E-state index is 0.366. The summed E-state index contributed by atoms with van der Waals surface area (Å²) < 4.78 is 13.5. The van der Waals surface area contributed by atoms with E-state index in [2.05, 4.69) is 4.98 Å². The molecule has 2 rings (SSSR count). The van der Waals surface area contributed by atoms with Crippen LogP contribution in [0.1, 0.15) is 10.5 Å². The maximum absolute atomic E-state index is 13.5. The van der Waals surface area contributed by atoms with E-state index in [0.717, 1.165) is 6.07 Å². The van der Waals surface area contributed by atoms with E-state index in [9.17, 15) is 9.18 Å². The van der Waals surface area contributed by atoms with Gasteiger partial charge in [-0.1, -0.05) is 23.2 Å². The van der Waals surface area contributed by atoms with Gasteiger partial charge in [0.05, 0.1) is 0 Å². The first-order valence-corrected chi connectivity index (χ1v) is 5.59. The van der Waals surface area contributed by atoms with Crippen molar-refractivity contribution in [3.63, 3.8) is 0 Å². The first-order chi connectivity index (χ1) is 8.49. The van der Waals surface area contributed by atoms with Gasteiger partial charge in [-0.25, -0.2) is 14.2 Å². The zero-order valence-corrected chi connectivity index (χ0v) is 10.3. The third-order valence-corrected chi connectivity index (χ3v) is 2.85. The number of rotatable bonds is 2. The molecule has 0 atom stereocenters. The van der Waals surface area contributed by atoms with Crippen molar-refractivity contribution < 1.29 is 14.3 Å². The lowest BCUT2D eigenvalue weighted by molar-refractivity contribution is 0.0685. The third kappa shape index (κ3) is 2.44. The maximum Gasteiger partial charge on any atom is 0.357 e. The number of hydrogen-bond acceptors (Lipinski definition) is 2. The molecule has 0 amide bonds. The lowest BCUT2D eigenvalue weighted by atomic mass is 10.1. The Morgan fingerprint density at radius 2 is 2.00 bits per heavy atom. The maximum atomic E-state index is 13.5. The molecule has 1 heterocycles. The fourth-order valence-electron chi connectivity index (χ4n) is 1.46. The molecule has 0 bridgehead atoms. The number of carboxylic acids is 1. The van der Waals surface area contributed by atoms with Crippen molar-refractivity contribution in [1.29, 1.82) is 0 Å². The highest BCUT2D eigenvalue weighted by molar-refractivity contribution is 6.35. The summed E-state index contributed by atoms with van der Waals surface area (Å²) in [4.78, 5) is 14.2. The summed E-state index contributed by atoms with van der Waals surface area (Å²) in [7, 11) is 0. The van der Waals surface area contributed by atoms with Crippen LogP contribution in [0.25, 0.3) is 11.1 Å². The lowest BCUT2D eigenvalue weighted by Crippen LogP contribution is -2.04. The molecule has 1 aromatic heterocycles. The highest BCUT2D eigenvalue weighted by atomic mass is 35.5. The zero-order valence-electron chi connectivity index (χ0n) is 8.82. The molecule has 0 spiro atoms. The van der Waals surface area contributed by atoms with Crippen molar-refractivity contribution in [1.82, 2.24) is 4.98 Å². The minimum atomic E-state index is -1.42. The zero-order chi connectivity index (χ0) is 13.3. The Morgan fingerprint density at radius 3 is 2.61 bits per heavy atom. The standard InChI is InChI=1S/C12H6Cl2FNO2/c13-7-1-2-9(14)8(4-7)6-3-10(15)11(12(17)18)16-5-6/h1-5H,(H,17,18). The predicted octanol–water partition coefficient (Wildman–Crippen LogP) is 3.89. The van der Waals surface area contributed by atoms with Gasteiger partial charge in [0.15, 0.2) is 11.5 Å². The molecule has 1 aromatic carbocycles. The van der Waals surface area contributed by atoms with E-state index in [4.69, 9.17) is 28.3 Å². The van der Waals surface area contributed by atoms with E-state index >= 15 is 0 Å². The van der Waals surface area contributed by atoms with E-state index in [1.54, 1.807) is 18.2 Å². The number of carbonyl (C=O) groups is 1. The molecule has 0 radical (unpaired) electrons. The van der Waals surface area contributed by atoms with Crippen LogP contribution < -0.4 is 0 Å². The van der Waals surface area contributed by atoms with Crippen LogP contribution in [-0.4, -0.2) is 16.1 Å². The molecule has 3 nitrogen and oxygen atoms in total. The monoisotopic (exact) mass is 285 g/mol. The van der Waals surface area contributed by atoms with Gasteiger partial charge in [0.1, 0.15) is 0 Å². The summed E-state index contributed by atoms with van der Waals surface area (Å²) in [5.41, 5.74) is 0.231. The first kappa shape index (κ1) is 12.8. The SMILES string of the molecule is O=C(O)c1ncc(-c2cc(Cl)ccc2Cl)cc1F. The normalized spacial score (nSPS) is 10.4. The van der Waals surface area contributed by atoms with Crippen LogP contribution in [0.4, 0.5) is 4.39 Å². The molecule has 2 aromatic rings. The first-order valence-electron chi connectivity index (χ1n) is 4.83. The summed E-state index contributed by atoms with van der Waals surface area (Å²) in [5, 5.41) is 9.50. The van der Waals surface area contributed by atoms with Gasteiger partial charge in [-0.05, 0) is 24.3 Å². The van der Waals surface area contributed by atoms with Gasteiger partial charge in [-0.2, -0.15) is 0 Å². The molecular weight excluding hydrogens is 280 g/mol. The Balaban J connectivity index is 2.55. The van der Waals surface area contributed by atoms with Crippen molar-refractivity contribution in [3.8, 4) is 11.1 Å². The molecule has 0 unspecified atom stereocenters. The van der Waals surface area contributed by atoms with Crippen LogP contribution >= 0.6 is 23.2 Å². The largest absolute Gasteiger partial charge is 0.476 e. The summed E-state index contributed by atoms with van der Waals surface area (Å²) in [6.07, 6.45) is 1.24. The van der Waals surface area contributed by atoms with Gasteiger partial charge in [-0.15, -0.1) is 0 Å². The molecule has 0 saturated heterocycles. The number of benzene rings is 1. The second kappa shape index (κ2) is 4.92. The molecular formula is C12H6Cl2FNO2. The summed E-state index contributed by atoms with van der Waals surface area (Å²) in [6.45, 7) is 0. The lowest BCUT2D eigenvalue weighted by Gasteiger charge is -2.06. The molecule has 18 heavy (non-hydrogen) atoms. The van der Waals surface area contributed by atoms with Crippen molar-refractivity contribution in [2.45, 2.75) is 0 Å². The summed E-state index contributed by atoms with van der Waals surface area (Å²) in [5.74, 6) is -2.34. The van der Waals surface area contributed by atoms with Gasteiger partial charge in [0.2, 0.25) is 0 Å². The number of hydrogen-bond donors (Lipinski definition) is 1. The van der Waals surface area contributed by atoms with Crippen molar-refractivity contribution in [3.05, 3.63) is 52.0 Å². The Kier molecular flexibility index (Phi) is 3.50. The van der Waals surface area contributed by atoms with E-state index in [1.807, 2.05) is 0 Å².